The molecule has 6 heteroatoms. The highest BCUT2D eigenvalue weighted by atomic mass is 28.4. The highest BCUT2D eigenvalue weighted by Gasteiger charge is 2.54. The van der Waals surface area contributed by atoms with Crippen LogP contribution in [0.15, 0.2) is 60.7 Å². The molecule has 0 heterocycles. The minimum absolute atomic E-state index is 0.161. The standard InChI is InChI=1S/C26H36O5Si/c1-19(2)18-22(24(27)29-6)23(25(28)30-7)31-32(26(3,4)5,20-14-10-8-11-15-20)21-16-12-9-13-17-21/h8-17,19,22-23H,18H2,1-7H3/t22-,23-/m1/s1. The molecule has 32 heavy (non-hydrogen) atoms. The first-order valence-electron chi connectivity index (χ1n) is 11.0. The minimum atomic E-state index is -3.07. The van der Waals surface area contributed by atoms with Crippen molar-refractivity contribution >= 4 is 30.6 Å². The van der Waals surface area contributed by atoms with Gasteiger partial charge in [0.2, 0.25) is 0 Å². The average molecular weight is 457 g/mol. The molecule has 0 bridgehead atoms. The molecule has 0 amide bonds. The smallest absolute Gasteiger partial charge is 0.334 e. The molecule has 0 aliphatic carbocycles. The van der Waals surface area contributed by atoms with E-state index in [0.29, 0.717) is 6.42 Å². The van der Waals surface area contributed by atoms with Crippen molar-refractivity contribution in [2.45, 2.75) is 52.2 Å². The summed E-state index contributed by atoms with van der Waals surface area (Å²) in [6.45, 7) is 10.4. The number of carbonyl (C=O) groups excluding carboxylic acids is 2. The van der Waals surface area contributed by atoms with Gasteiger partial charge in [0.05, 0.1) is 20.1 Å². The number of hydrogen-bond acceptors (Lipinski definition) is 5. The number of ether oxygens (including phenoxy) is 2. The van der Waals surface area contributed by atoms with E-state index in [0.717, 1.165) is 10.4 Å². The van der Waals surface area contributed by atoms with Gasteiger partial charge in [-0.1, -0.05) is 95.3 Å². The number of methoxy groups -OCH3 is 2. The highest BCUT2D eigenvalue weighted by Crippen LogP contribution is 2.39. The number of hydrogen-bond donors (Lipinski definition) is 0. The second kappa shape index (κ2) is 10.9. The molecular weight excluding hydrogens is 420 g/mol. The highest BCUT2D eigenvalue weighted by molar-refractivity contribution is 6.99. The van der Waals surface area contributed by atoms with E-state index in [1.165, 1.54) is 14.2 Å². The van der Waals surface area contributed by atoms with E-state index in [1.54, 1.807) is 0 Å². The van der Waals surface area contributed by atoms with Gasteiger partial charge >= 0.3 is 11.9 Å². The Hall–Kier alpha value is -2.44. The summed E-state index contributed by atoms with van der Waals surface area (Å²) in [5.41, 5.74) is 0. The summed E-state index contributed by atoms with van der Waals surface area (Å²) in [6.07, 6.45) is -0.633. The molecule has 0 saturated carbocycles. The summed E-state index contributed by atoms with van der Waals surface area (Å²) >= 11 is 0. The van der Waals surface area contributed by atoms with E-state index >= 15 is 0 Å². The second-order valence-electron chi connectivity index (χ2n) is 9.48. The molecule has 2 rings (SSSR count). The topological polar surface area (TPSA) is 61.8 Å². The van der Waals surface area contributed by atoms with E-state index in [9.17, 15) is 9.59 Å². The van der Waals surface area contributed by atoms with E-state index in [-0.39, 0.29) is 11.0 Å². The first kappa shape index (κ1) is 25.8. The van der Waals surface area contributed by atoms with E-state index in [4.69, 9.17) is 13.9 Å². The third kappa shape index (κ3) is 5.48. The van der Waals surface area contributed by atoms with Gasteiger partial charge in [-0.15, -0.1) is 0 Å². The van der Waals surface area contributed by atoms with Gasteiger partial charge in [0.25, 0.3) is 8.32 Å². The van der Waals surface area contributed by atoms with Crippen molar-refractivity contribution in [1.29, 1.82) is 0 Å². The van der Waals surface area contributed by atoms with Crippen LogP contribution in [0.2, 0.25) is 5.04 Å². The minimum Gasteiger partial charge on any atom is -0.469 e. The molecule has 0 aromatic heterocycles. The number of benzene rings is 2. The maximum absolute atomic E-state index is 13.1. The molecule has 0 saturated heterocycles. The maximum Gasteiger partial charge on any atom is 0.334 e. The van der Waals surface area contributed by atoms with Crippen LogP contribution in [-0.2, 0) is 23.5 Å². The number of esters is 2. The van der Waals surface area contributed by atoms with Crippen molar-refractivity contribution in [3.05, 3.63) is 60.7 Å². The Morgan fingerprint density at radius 2 is 1.25 bits per heavy atom. The van der Waals surface area contributed by atoms with Crippen molar-refractivity contribution in [2.24, 2.45) is 11.8 Å². The van der Waals surface area contributed by atoms with E-state index < -0.39 is 32.3 Å². The third-order valence-corrected chi connectivity index (χ3v) is 10.8. The average Bonchev–Trinajstić information content (AvgIpc) is 2.78. The lowest BCUT2D eigenvalue weighted by atomic mass is 9.92. The van der Waals surface area contributed by atoms with Crippen molar-refractivity contribution < 1.29 is 23.5 Å². The fraction of sp³-hybridized carbons (Fsp3) is 0.462. The summed E-state index contributed by atoms with van der Waals surface area (Å²) in [5.74, 6) is -1.64. The molecule has 0 aliphatic rings. The Morgan fingerprint density at radius 1 is 0.812 bits per heavy atom. The Balaban J connectivity index is 2.78. The Bertz CT molecular complexity index is 835. The predicted octanol–water partition coefficient (Wildman–Crippen LogP) is 3.94. The van der Waals surface area contributed by atoms with Gasteiger partial charge in [0.1, 0.15) is 0 Å². The lowest BCUT2D eigenvalue weighted by molar-refractivity contribution is -0.162. The van der Waals surface area contributed by atoms with Crippen LogP contribution in [0.3, 0.4) is 0 Å². The van der Waals surface area contributed by atoms with Crippen LogP contribution in [0.5, 0.6) is 0 Å². The van der Waals surface area contributed by atoms with Gasteiger partial charge in [0, 0.05) is 0 Å². The van der Waals surface area contributed by atoms with Crippen LogP contribution in [0, 0.1) is 11.8 Å². The van der Waals surface area contributed by atoms with Gasteiger partial charge in [-0.25, -0.2) is 4.79 Å². The Morgan fingerprint density at radius 3 is 1.59 bits per heavy atom. The van der Waals surface area contributed by atoms with Gasteiger partial charge < -0.3 is 13.9 Å². The SMILES string of the molecule is COC(=O)[C@H](CC(C)C)[C@@H](O[Si](c1ccccc1)(c1ccccc1)C(C)(C)C)C(=O)OC. The van der Waals surface area contributed by atoms with Gasteiger partial charge in [-0.2, -0.15) is 0 Å². The fourth-order valence-corrected chi connectivity index (χ4v) is 8.95. The zero-order chi connectivity index (χ0) is 23.9. The normalized spacial score (nSPS) is 14.0. The predicted molar refractivity (Wildman–Crippen MR) is 129 cm³/mol. The molecule has 2 aromatic carbocycles. The summed E-state index contributed by atoms with van der Waals surface area (Å²) in [4.78, 5) is 25.9. The summed E-state index contributed by atoms with van der Waals surface area (Å²) < 4.78 is 17.2. The van der Waals surface area contributed by atoms with Crippen LogP contribution < -0.4 is 10.4 Å². The summed E-state index contributed by atoms with van der Waals surface area (Å²) in [6, 6.07) is 20.0. The largest absolute Gasteiger partial charge is 0.469 e. The lowest BCUT2D eigenvalue weighted by Gasteiger charge is -2.45. The molecule has 0 fully saturated rings. The zero-order valence-corrected chi connectivity index (χ0v) is 21.3. The van der Waals surface area contributed by atoms with Crippen molar-refractivity contribution in [3.63, 3.8) is 0 Å². The monoisotopic (exact) mass is 456 g/mol. The second-order valence-corrected chi connectivity index (χ2v) is 13.7. The van der Waals surface area contributed by atoms with Crippen LogP contribution >= 0.6 is 0 Å². The molecule has 0 N–H and O–H groups in total. The van der Waals surface area contributed by atoms with Gasteiger partial charge in [0.15, 0.2) is 6.10 Å². The zero-order valence-electron chi connectivity index (χ0n) is 20.3. The van der Waals surface area contributed by atoms with Crippen LogP contribution in [0.25, 0.3) is 0 Å². The Labute approximate surface area is 193 Å². The molecule has 5 nitrogen and oxygen atoms in total. The molecular formula is C26H36O5Si. The van der Waals surface area contributed by atoms with E-state index in [2.05, 4.69) is 45.0 Å². The molecule has 174 valence electrons. The lowest BCUT2D eigenvalue weighted by Crippen LogP contribution is -2.69. The number of rotatable bonds is 9. The van der Waals surface area contributed by atoms with Crippen LogP contribution in [0.4, 0.5) is 0 Å². The fourth-order valence-electron chi connectivity index (χ4n) is 4.30. The van der Waals surface area contributed by atoms with Crippen LogP contribution in [-0.4, -0.2) is 40.6 Å². The third-order valence-electron chi connectivity index (χ3n) is 5.75. The molecule has 0 radical (unpaired) electrons. The number of carbonyl (C=O) groups is 2. The molecule has 0 aliphatic heterocycles. The van der Waals surface area contributed by atoms with Crippen LogP contribution in [0.1, 0.15) is 41.0 Å². The summed E-state index contributed by atoms with van der Waals surface area (Å²) in [5, 5.41) is 1.71. The molecule has 2 atom stereocenters. The first-order valence-corrected chi connectivity index (χ1v) is 12.9. The van der Waals surface area contributed by atoms with Crippen molar-refractivity contribution in [3.8, 4) is 0 Å². The summed E-state index contributed by atoms with van der Waals surface area (Å²) in [7, 11) is -0.405. The van der Waals surface area contributed by atoms with E-state index in [1.807, 2.05) is 50.2 Å². The maximum atomic E-state index is 13.1. The first-order chi connectivity index (χ1) is 15.1. The van der Waals surface area contributed by atoms with Gasteiger partial charge in [-0.05, 0) is 27.8 Å². The van der Waals surface area contributed by atoms with Crippen molar-refractivity contribution in [2.75, 3.05) is 14.2 Å². The molecule has 0 spiro atoms. The molecule has 0 unspecified atom stereocenters. The van der Waals surface area contributed by atoms with Gasteiger partial charge in [-0.3, -0.25) is 4.79 Å². The Kier molecular flexibility index (Phi) is 8.81. The quantitative estimate of drug-likeness (QED) is 0.422. The molecule has 2 aromatic rings. The van der Waals surface area contributed by atoms with Crippen molar-refractivity contribution in [1.82, 2.24) is 0 Å².